The van der Waals surface area contributed by atoms with Crippen LogP contribution < -0.4 is 14.8 Å². The van der Waals surface area contributed by atoms with E-state index in [1.54, 1.807) is 18.2 Å². The molecule has 2 aliphatic rings. The van der Waals surface area contributed by atoms with E-state index in [0.29, 0.717) is 49.5 Å². The maximum atomic E-state index is 12.4. The zero-order valence-electron chi connectivity index (χ0n) is 11.5. The number of hydrogen-bond acceptors (Lipinski definition) is 4. The summed E-state index contributed by atoms with van der Waals surface area (Å²) in [7, 11) is 0. The average molecular weight is 291 g/mol. The van der Waals surface area contributed by atoms with Gasteiger partial charge in [-0.15, -0.1) is 0 Å². The lowest BCUT2D eigenvalue weighted by Gasteiger charge is -2.21. The zero-order valence-corrected chi connectivity index (χ0v) is 11.5. The number of carboxylic acids is 1. The molecule has 1 aliphatic heterocycles. The van der Waals surface area contributed by atoms with Gasteiger partial charge in [0.05, 0.1) is 11.5 Å². The van der Waals surface area contributed by atoms with Gasteiger partial charge < -0.3 is 19.9 Å². The highest BCUT2D eigenvalue weighted by Crippen LogP contribution is 2.34. The van der Waals surface area contributed by atoms with Crippen LogP contribution in [0, 0.1) is 5.92 Å². The normalized spacial score (nSPS) is 23.6. The molecule has 1 aromatic carbocycles. The van der Waals surface area contributed by atoms with Crippen LogP contribution in [0.2, 0.25) is 0 Å². The molecule has 6 nitrogen and oxygen atoms in total. The number of aliphatic carboxylic acids is 1. The quantitative estimate of drug-likeness (QED) is 0.880. The van der Waals surface area contributed by atoms with Crippen molar-refractivity contribution in [2.24, 2.45) is 5.92 Å². The predicted molar refractivity (Wildman–Crippen MR) is 73.7 cm³/mol. The fourth-order valence-electron chi connectivity index (χ4n) is 2.85. The van der Waals surface area contributed by atoms with Crippen molar-refractivity contribution < 1.29 is 24.2 Å². The highest BCUT2D eigenvalue weighted by atomic mass is 16.6. The molecular formula is C15H17NO5. The molecule has 2 N–H and O–H groups in total. The maximum absolute atomic E-state index is 12.4. The molecular weight excluding hydrogens is 274 g/mol. The maximum Gasteiger partial charge on any atom is 0.306 e. The predicted octanol–water partition coefficient (Wildman–Crippen LogP) is 1.44. The SMILES string of the molecule is O=C(NC1CCC(C(=O)O)C1)c1cccc2c1OCCO2. The molecule has 0 radical (unpaired) electrons. The standard InChI is InChI=1S/C15H17NO5/c17-14(16-10-5-4-9(8-10)15(18)19)11-2-1-3-12-13(11)21-7-6-20-12/h1-3,9-10H,4-8H2,(H,16,17)(H,18,19). The first-order valence-corrected chi connectivity index (χ1v) is 7.07. The number of rotatable bonds is 3. The lowest BCUT2D eigenvalue weighted by atomic mass is 10.1. The monoisotopic (exact) mass is 291 g/mol. The van der Waals surface area contributed by atoms with Gasteiger partial charge >= 0.3 is 5.97 Å². The molecule has 2 atom stereocenters. The van der Waals surface area contributed by atoms with Crippen molar-refractivity contribution in [3.05, 3.63) is 23.8 Å². The molecule has 0 spiro atoms. The minimum Gasteiger partial charge on any atom is -0.486 e. The summed E-state index contributed by atoms with van der Waals surface area (Å²) in [5.41, 5.74) is 0.436. The Kier molecular flexibility index (Phi) is 3.68. The van der Waals surface area contributed by atoms with Gasteiger partial charge in [0.2, 0.25) is 0 Å². The second-order valence-electron chi connectivity index (χ2n) is 5.35. The highest BCUT2D eigenvalue weighted by molar-refractivity contribution is 5.98. The molecule has 1 aliphatic carbocycles. The molecule has 1 fully saturated rings. The first-order valence-electron chi connectivity index (χ1n) is 7.07. The molecule has 6 heteroatoms. The van der Waals surface area contributed by atoms with Crippen molar-refractivity contribution >= 4 is 11.9 Å². The van der Waals surface area contributed by atoms with Crippen LogP contribution in [0.3, 0.4) is 0 Å². The van der Waals surface area contributed by atoms with Crippen molar-refractivity contribution in [2.45, 2.75) is 25.3 Å². The lowest BCUT2D eigenvalue weighted by molar-refractivity contribution is -0.141. The van der Waals surface area contributed by atoms with Gasteiger partial charge in [-0.25, -0.2) is 0 Å². The Morgan fingerprint density at radius 2 is 2.00 bits per heavy atom. The summed E-state index contributed by atoms with van der Waals surface area (Å²) in [6.07, 6.45) is 1.77. The van der Waals surface area contributed by atoms with Gasteiger partial charge in [0.15, 0.2) is 11.5 Å². The summed E-state index contributed by atoms with van der Waals surface area (Å²) in [5.74, 6) is -0.355. The summed E-state index contributed by atoms with van der Waals surface area (Å²) >= 11 is 0. The van der Waals surface area contributed by atoms with Gasteiger partial charge in [0.1, 0.15) is 13.2 Å². The Bertz CT molecular complexity index is 571. The zero-order chi connectivity index (χ0) is 14.8. The summed E-state index contributed by atoms with van der Waals surface area (Å²) in [4.78, 5) is 23.3. The number of benzene rings is 1. The van der Waals surface area contributed by atoms with E-state index in [4.69, 9.17) is 14.6 Å². The van der Waals surface area contributed by atoms with Gasteiger partial charge in [-0.3, -0.25) is 9.59 Å². The van der Waals surface area contributed by atoms with Crippen molar-refractivity contribution in [2.75, 3.05) is 13.2 Å². The van der Waals surface area contributed by atoms with E-state index in [-0.39, 0.29) is 17.9 Å². The third-order valence-electron chi connectivity index (χ3n) is 3.93. The summed E-state index contributed by atoms with van der Waals surface area (Å²) in [6.45, 7) is 0.892. The number of amides is 1. The van der Waals surface area contributed by atoms with Crippen LogP contribution in [0.1, 0.15) is 29.6 Å². The van der Waals surface area contributed by atoms with Gasteiger partial charge in [-0.05, 0) is 31.4 Å². The van der Waals surface area contributed by atoms with Crippen molar-refractivity contribution in [3.8, 4) is 11.5 Å². The Balaban J connectivity index is 1.70. The molecule has 1 heterocycles. The number of para-hydroxylation sites is 1. The molecule has 2 unspecified atom stereocenters. The Hall–Kier alpha value is -2.24. The second kappa shape index (κ2) is 5.63. The van der Waals surface area contributed by atoms with E-state index >= 15 is 0 Å². The van der Waals surface area contributed by atoms with E-state index in [2.05, 4.69) is 5.32 Å². The number of fused-ring (bicyclic) bond motifs is 1. The van der Waals surface area contributed by atoms with Crippen molar-refractivity contribution in [1.82, 2.24) is 5.32 Å². The van der Waals surface area contributed by atoms with E-state index in [1.165, 1.54) is 0 Å². The number of ether oxygens (including phenoxy) is 2. The van der Waals surface area contributed by atoms with Crippen LogP contribution in [0.15, 0.2) is 18.2 Å². The number of hydrogen-bond donors (Lipinski definition) is 2. The van der Waals surface area contributed by atoms with Gasteiger partial charge in [0.25, 0.3) is 5.91 Å². The molecule has 1 saturated carbocycles. The van der Waals surface area contributed by atoms with E-state index < -0.39 is 5.97 Å². The smallest absolute Gasteiger partial charge is 0.306 e. The third kappa shape index (κ3) is 2.79. The molecule has 0 bridgehead atoms. The number of carboxylic acid groups (broad SMARTS) is 1. The fraction of sp³-hybridized carbons (Fsp3) is 0.467. The van der Waals surface area contributed by atoms with Crippen LogP contribution in [-0.4, -0.2) is 36.2 Å². The molecule has 112 valence electrons. The highest BCUT2D eigenvalue weighted by Gasteiger charge is 2.31. The summed E-state index contributed by atoms with van der Waals surface area (Å²) < 4.78 is 11.0. The molecule has 0 aromatic heterocycles. The van der Waals surface area contributed by atoms with Gasteiger partial charge in [-0.1, -0.05) is 6.07 Å². The fourth-order valence-corrected chi connectivity index (χ4v) is 2.85. The lowest BCUT2D eigenvalue weighted by Crippen LogP contribution is -2.34. The number of carbonyl (C=O) groups excluding carboxylic acids is 1. The van der Waals surface area contributed by atoms with E-state index in [9.17, 15) is 9.59 Å². The Labute approximate surface area is 122 Å². The minimum atomic E-state index is -0.791. The molecule has 3 rings (SSSR count). The molecule has 1 amide bonds. The minimum absolute atomic E-state index is 0.0982. The Morgan fingerprint density at radius 3 is 2.76 bits per heavy atom. The van der Waals surface area contributed by atoms with E-state index in [0.717, 1.165) is 0 Å². The molecule has 1 aromatic rings. The average Bonchev–Trinajstić information content (AvgIpc) is 2.95. The largest absolute Gasteiger partial charge is 0.486 e. The van der Waals surface area contributed by atoms with Crippen LogP contribution >= 0.6 is 0 Å². The second-order valence-corrected chi connectivity index (χ2v) is 5.35. The first-order chi connectivity index (χ1) is 10.1. The van der Waals surface area contributed by atoms with Gasteiger partial charge in [-0.2, -0.15) is 0 Å². The van der Waals surface area contributed by atoms with Crippen molar-refractivity contribution in [1.29, 1.82) is 0 Å². The first kappa shape index (κ1) is 13.7. The van der Waals surface area contributed by atoms with Crippen LogP contribution in [0.5, 0.6) is 11.5 Å². The number of nitrogens with one attached hydrogen (secondary N) is 1. The molecule has 21 heavy (non-hydrogen) atoms. The Morgan fingerprint density at radius 1 is 1.19 bits per heavy atom. The topological polar surface area (TPSA) is 84.9 Å². The summed E-state index contributed by atoms with van der Waals surface area (Å²) in [6, 6.07) is 5.10. The third-order valence-corrected chi connectivity index (χ3v) is 3.93. The van der Waals surface area contributed by atoms with Crippen LogP contribution in [-0.2, 0) is 4.79 Å². The summed E-state index contributed by atoms with van der Waals surface area (Å²) in [5, 5.41) is 11.9. The van der Waals surface area contributed by atoms with Gasteiger partial charge in [0, 0.05) is 6.04 Å². The van der Waals surface area contributed by atoms with Crippen LogP contribution in [0.4, 0.5) is 0 Å². The van der Waals surface area contributed by atoms with E-state index in [1.807, 2.05) is 0 Å². The van der Waals surface area contributed by atoms with Crippen LogP contribution in [0.25, 0.3) is 0 Å². The number of carbonyl (C=O) groups is 2. The molecule has 0 saturated heterocycles. The van der Waals surface area contributed by atoms with Crippen molar-refractivity contribution in [3.63, 3.8) is 0 Å².